The van der Waals surface area contributed by atoms with Crippen LogP contribution in [-0.2, 0) is 6.42 Å². The molecule has 0 aliphatic rings. The van der Waals surface area contributed by atoms with Gasteiger partial charge < -0.3 is 10.3 Å². The van der Waals surface area contributed by atoms with Crippen molar-refractivity contribution < 1.29 is 13.2 Å². The summed E-state index contributed by atoms with van der Waals surface area (Å²) in [6.45, 7) is 1.92. The van der Waals surface area contributed by atoms with Crippen molar-refractivity contribution >= 4 is 17.6 Å². The summed E-state index contributed by atoms with van der Waals surface area (Å²) in [4.78, 5) is 17.7. The summed E-state index contributed by atoms with van der Waals surface area (Å²) in [5.74, 6) is 0.677. The molecule has 2 N–H and O–H groups in total. The standard InChI is InChI=1S/C9H12F3N3OS/c1-2-6-14-7(5-8(16)15-6)13-3-4-17-9(10,11)12/h5H,2-4H2,1H3,(H2,13,14,15,16). The molecular weight excluding hydrogens is 255 g/mol. The van der Waals surface area contributed by atoms with Gasteiger partial charge in [0, 0.05) is 24.8 Å². The van der Waals surface area contributed by atoms with Crippen molar-refractivity contribution in [2.24, 2.45) is 0 Å². The van der Waals surface area contributed by atoms with E-state index in [0.717, 1.165) is 0 Å². The zero-order chi connectivity index (χ0) is 12.9. The molecule has 8 heteroatoms. The Morgan fingerprint density at radius 1 is 1.53 bits per heavy atom. The highest BCUT2D eigenvalue weighted by Gasteiger charge is 2.27. The molecule has 0 aliphatic heterocycles. The normalized spacial score (nSPS) is 11.5. The molecule has 1 rings (SSSR count). The molecular formula is C9H12F3N3OS. The molecule has 17 heavy (non-hydrogen) atoms. The third kappa shape index (κ3) is 5.62. The van der Waals surface area contributed by atoms with Crippen LogP contribution in [0, 0.1) is 0 Å². The highest BCUT2D eigenvalue weighted by molar-refractivity contribution is 8.00. The van der Waals surface area contributed by atoms with Crippen LogP contribution < -0.4 is 10.9 Å². The summed E-state index contributed by atoms with van der Waals surface area (Å²) in [7, 11) is 0. The van der Waals surface area contributed by atoms with Crippen LogP contribution in [0.1, 0.15) is 12.7 Å². The molecule has 0 unspecified atom stereocenters. The number of nitrogens with one attached hydrogen (secondary N) is 2. The SMILES string of the molecule is CCc1nc(NCCSC(F)(F)F)cc(=O)[nH]1. The third-order valence-electron chi connectivity index (χ3n) is 1.80. The first kappa shape index (κ1) is 13.9. The van der Waals surface area contributed by atoms with Crippen LogP contribution in [0.4, 0.5) is 19.0 Å². The van der Waals surface area contributed by atoms with Gasteiger partial charge in [-0.3, -0.25) is 4.79 Å². The second-order valence-electron chi connectivity index (χ2n) is 3.15. The van der Waals surface area contributed by atoms with Crippen LogP contribution in [0.2, 0.25) is 0 Å². The van der Waals surface area contributed by atoms with Gasteiger partial charge in [-0.2, -0.15) is 13.2 Å². The van der Waals surface area contributed by atoms with Gasteiger partial charge in [0.1, 0.15) is 11.6 Å². The highest BCUT2D eigenvalue weighted by Crippen LogP contribution is 2.29. The van der Waals surface area contributed by atoms with E-state index < -0.39 is 5.51 Å². The molecule has 1 heterocycles. The van der Waals surface area contributed by atoms with E-state index in [1.165, 1.54) is 6.07 Å². The topological polar surface area (TPSA) is 57.8 Å². The maximum atomic E-state index is 11.8. The average molecular weight is 267 g/mol. The predicted molar refractivity (Wildman–Crippen MR) is 61.2 cm³/mol. The predicted octanol–water partition coefficient (Wildman–Crippen LogP) is 2.00. The summed E-state index contributed by atoms with van der Waals surface area (Å²) < 4.78 is 35.5. The van der Waals surface area contributed by atoms with Gasteiger partial charge in [0.05, 0.1) is 0 Å². The maximum Gasteiger partial charge on any atom is 0.441 e. The number of aryl methyl sites for hydroxylation is 1. The minimum absolute atomic E-state index is 0.101. The minimum atomic E-state index is -4.22. The van der Waals surface area contributed by atoms with Crippen LogP contribution in [0.25, 0.3) is 0 Å². The van der Waals surface area contributed by atoms with E-state index >= 15 is 0 Å². The molecule has 0 saturated heterocycles. The molecule has 4 nitrogen and oxygen atoms in total. The van der Waals surface area contributed by atoms with Crippen molar-refractivity contribution in [2.45, 2.75) is 18.9 Å². The molecule has 0 bridgehead atoms. The molecule has 1 aromatic heterocycles. The van der Waals surface area contributed by atoms with E-state index in [2.05, 4.69) is 15.3 Å². The molecule has 0 radical (unpaired) electrons. The second-order valence-corrected chi connectivity index (χ2v) is 4.31. The van der Waals surface area contributed by atoms with Crippen LogP contribution >= 0.6 is 11.8 Å². The van der Waals surface area contributed by atoms with Gasteiger partial charge >= 0.3 is 5.51 Å². The summed E-state index contributed by atoms with van der Waals surface area (Å²) in [5.41, 5.74) is -4.54. The Morgan fingerprint density at radius 3 is 2.82 bits per heavy atom. The lowest BCUT2D eigenvalue weighted by Gasteiger charge is -2.07. The fourth-order valence-corrected chi connectivity index (χ4v) is 1.55. The van der Waals surface area contributed by atoms with Crippen molar-refractivity contribution in [1.29, 1.82) is 0 Å². The van der Waals surface area contributed by atoms with Gasteiger partial charge in [-0.05, 0) is 11.8 Å². The Hall–Kier alpha value is -1.18. The smallest absolute Gasteiger partial charge is 0.369 e. The number of aromatic amines is 1. The Balaban J connectivity index is 2.47. The number of rotatable bonds is 5. The van der Waals surface area contributed by atoms with Crippen LogP contribution in [0.3, 0.4) is 0 Å². The summed E-state index contributed by atoms with van der Waals surface area (Å²) in [6, 6.07) is 1.22. The zero-order valence-corrected chi connectivity index (χ0v) is 9.91. The number of nitrogens with zero attached hydrogens (tertiary/aromatic N) is 1. The Morgan fingerprint density at radius 2 is 2.24 bits per heavy atom. The first-order valence-electron chi connectivity index (χ1n) is 4.95. The van der Waals surface area contributed by atoms with Crippen molar-refractivity contribution in [3.05, 3.63) is 22.2 Å². The van der Waals surface area contributed by atoms with Gasteiger partial charge in [-0.1, -0.05) is 6.92 Å². The highest BCUT2D eigenvalue weighted by atomic mass is 32.2. The maximum absolute atomic E-state index is 11.8. The number of anilines is 1. The lowest BCUT2D eigenvalue weighted by Crippen LogP contribution is -2.15. The lowest BCUT2D eigenvalue weighted by molar-refractivity contribution is -0.0327. The minimum Gasteiger partial charge on any atom is -0.369 e. The van der Waals surface area contributed by atoms with Crippen molar-refractivity contribution in [3.63, 3.8) is 0 Å². The van der Waals surface area contributed by atoms with E-state index in [-0.39, 0.29) is 29.6 Å². The number of halogens is 3. The zero-order valence-electron chi connectivity index (χ0n) is 9.10. The molecule has 0 aromatic carbocycles. The number of hydrogen-bond acceptors (Lipinski definition) is 4. The van der Waals surface area contributed by atoms with Crippen molar-refractivity contribution in [2.75, 3.05) is 17.6 Å². The van der Waals surface area contributed by atoms with Crippen molar-refractivity contribution in [1.82, 2.24) is 9.97 Å². The molecule has 96 valence electrons. The van der Waals surface area contributed by atoms with Crippen molar-refractivity contribution in [3.8, 4) is 0 Å². The van der Waals surface area contributed by atoms with E-state index in [0.29, 0.717) is 18.1 Å². The molecule has 0 fully saturated rings. The fourth-order valence-electron chi connectivity index (χ4n) is 1.11. The van der Waals surface area contributed by atoms with Gasteiger partial charge in [0.2, 0.25) is 0 Å². The van der Waals surface area contributed by atoms with Crippen LogP contribution in [0.5, 0.6) is 0 Å². The summed E-state index contributed by atoms with van der Waals surface area (Å²) >= 11 is -0.109. The summed E-state index contributed by atoms with van der Waals surface area (Å²) in [6.07, 6.45) is 0.558. The molecule has 0 aliphatic carbocycles. The Kier molecular flexibility index (Phi) is 4.86. The Labute approximate surface area is 100 Å². The number of hydrogen-bond donors (Lipinski definition) is 2. The molecule has 0 atom stereocenters. The molecule has 0 saturated carbocycles. The quantitative estimate of drug-likeness (QED) is 0.801. The number of H-pyrrole nitrogens is 1. The molecule has 1 aromatic rings. The van der Waals surface area contributed by atoms with E-state index in [9.17, 15) is 18.0 Å². The monoisotopic (exact) mass is 267 g/mol. The third-order valence-corrected chi connectivity index (χ3v) is 2.54. The molecule has 0 amide bonds. The second kappa shape index (κ2) is 5.95. The van der Waals surface area contributed by atoms with Crippen LogP contribution in [-0.4, -0.2) is 27.8 Å². The van der Waals surface area contributed by atoms with E-state index in [1.54, 1.807) is 0 Å². The first-order valence-corrected chi connectivity index (χ1v) is 5.94. The lowest BCUT2D eigenvalue weighted by atomic mass is 10.4. The van der Waals surface area contributed by atoms with Gasteiger partial charge in [-0.25, -0.2) is 4.98 Å². The van der Waals surface area contributed by atoms with Gasteiger partial charge in [0.15, 0.2) is 0 Å². The largest absolute Gasteiger partial charge is 0.441 e. The van der Waals surface area contributed by atoms with Gasteiger partial charge in [0.25, 0.3) is 5.56 Å². The molecule has 0 spiro atoms. The number of alkyl halides is 3. The average Bonchev–Trinajstić information content (AvgIpc) is 2.22. The number of aromatic nitrogens is 2. The number of thioether (sulfide) groups is 1. The Bertz CT molecular complexity index is 419. The van der Waals surface area contributed by atoms with Gasteiger partial charge in [-0.15, -0.1) is 0 Å². The fraction of sp³-hybridized carbons (Fsp3) is 0.556. The first-order chi connectivity index (χ1) is 7.90. The van der Waals surface area contributed by atoms with Crippen LogP contribution in [0.15, 0.2) is 10.9 Å². The summed E-state index contributed by atoms with van der Waals surface area (Å²) in [5, 5.41) is 2.68. The van der Waals surface area contributed by atoms with E-state index in [1.807, 2.05) is 6.92 Å². The van der Waals surface area contributed by atoms with E-state index in [4.69, 9.17) is 0 Å².